The van der Waals surface area contributed by atoms with Gasteiger partial charge in [-0.2, -0.15) is 0 Å². The second-order valence-corrected chi connectivity index (χ2v) is 6.81. The van der Waals surface area contributed by atoms with Crippen LogP contribution in [0.25, 0.3) is 11.4 Å². The number of hydrogen-bond acceptors (Lipinski definition) is 7. The summed E-state index contributed by atoms with van der Waals surface area (Å²) >= 11 is 1.52. The van der Waals surface area contributed by atoms with Gasteiger partial charge in [-0.15, -0.1) is 16.8 Å². The number of hydrogen-bond donors (Lipinski definition) is 1. The molecule has 3 heterocycles. The van der Waals surface area contributed by atoms with E-state index in [-0.39, 0.29) is 0 Å². The Morgan fingerprint density at radius 1 is 1.28 bits per heavy atom. The first kappa shape index (κ1) is 18.1. The second kappa shape index (κ2) is 9.10. The van der Waals surface area contributed by atoms with Crippen LogP contribution in [0.5, 0.6) is 0 Å². The van der Waals surface area contributed by atoms with Crippen molar-refractivity contribution in [1.82, 2.24) is 24.6 Å². The Bertz CT molecular complexity index is 673. The van der Waals surface area contributed by atoms with Crippen molar-refractivity contribution in [3.05, 3.63) is 37.2 Å². The summed E-state index contributed by atoms with van der Waals surface area (Å²) in [5, 5.41) is 19.7. The zero-order valence-corrected chi connectivity index (χ0v) is 14.9. The number of nitrogens with zero attached hydrogens (tertiary/aromatic N) is 5. The zero-order chi connectivity index (χ0) is 17.5. The third-order valence-corrected chi connectivity index (χ3v) is 5.06. The van der Waals surface area contributed by atoms with Crippen LogP contribution in [0.4, 0.5) is 0 Å². The number of aliphatic hydroxyl groups is 1. The summed E-state index contributed by atoms with van der Waals surface area (Å²) in [6.45, 7) is 8.32. The minimum atomic E-state index is -0.415. The van der Waals surface area contributed by atoms with Crippen LogP contribution in [0.3, 0.4) is 0 Å². The van der Waals surface area contributed by atoms with E-state index in [0.29, 0.717) is 18.8 Å². The summed E-state index contributed by atoms with van der Waals surface area (Å²) in [7, 11) is 0. The standard InChI is InChI=1S/C17H23N5O2S/c1-2-7-22-16(14-3-5-18-6-4-14)19-20-17(22)25-13-15(23)12-21-8-10-24-11-9-21/h2-6,15,23H,1,7-13H2/t15-/m1/s1. The number of thioether (sulfide) groups is 1. The zero-order valence-electron chi connectivity index (χ0n) is 14.1. The highest BCUT2D eigenvalue weighted by atomic mass is 32.2. The third kappa shape index (κ3) is 4.88. The molecule has 2 aromatic heterocycles. The van der Waals surface area contributed by atoms with Crippen molar-refractivity contribution < 1.29 is 9.84 Å². The molecule has 8 heteroatoms. The van der Waals surface area contributed by atoms with Gasteiger partial charge >= 0.3 is 0 Å². The molecule has 1 aliphatic rings. The van der Waals surface area contributed by atoms with E-state index < -0.39 is 6.10 Å². The van der Waals surface area contributed by atoms with Gasteiger partial charge in [0.25, 0.3) is 0 Å². The van der Waals surface area contributed by atoms with Crippen LogP contribution >= 0.6 is 11.8 Å². The van der Waals surface area contributed by atoms with E-state index in [0.717, 1.165) is 42.8 Å². The van der Waals surface area contributed by atoms with Crippen LogP contribution in [0, 0.1) is 0 Å². The van der Waals surface area contributed by atoms with Crippen LogP contribution in [0.1, 0.15) is 0 Å². The van der Waals surface area contributed by atoms with Gasteiger partial charge in [0.1, 0.15) is 0 Å². The topological polar surface area (TPSA) is 76.3 Å². The minimum absolute atomic E-state index is 0.415. The third-order valence-electron chi connectivity index (χ3n) is 3.94. The first-order valence-corrected chi connectivity index (χ1v) is 9.32. The number of aliphatic hydroxyl groups excluding tert-OH is 1. The van der Waals surface area contributed by atoms with Crippen LogP contribution in [0.15, 0.2) is 42.3 Å². The van der Waals surface area contributed by atoms with Gasteiger partial charge in [0.15, 0.2) is 11.0 Å². The lowest BCUT2D eigenvalue weighted by Crippen LogP contribution is -2.41. The molecule has 0 aromatic carbocycles. The molecule has 3 rings (SSSR count). The molecule has 0 bridgehead atoms. The molecule has 7 nitrogen and oxygen atoms in total. The molecule has 0 amide bonds. The van der Waals surface area contributed by atoms with E-state index in [9.17, 15) is 5.11 Å². The van der Waals surface area contributed by atoms with Crippen LogP contribution in [0.2, 0.25) is 0 Å². The van der Waals surface area contributed by atoms with Crippen molar-refractivity contribution in [3.8, 4) is 11.4 Å². The molecular formula is C17H23N5O2S. The smallest absolute Gasteiger partial charge is 0.191 e. The highest BCUT2D eigenvalue weighted by Gasteiger charge is 2.18. The van der Waals surface area contributed by atoms with Gasteiger partial charge in [-0.3, -0.25) is 14.5 Å². The molecule has 1 aliphatic heterocycles. The number of β-amino-alcohol motifs (C(OH)–C–C–N with tert-alkyl or cyclic N) is 1. The molecule has 1 atom stereocenters. The predicted molar refractivity (Wildman–Crippen MR) is 97.4 cm³/mol. The van der Waals surface area contributed by atoms with Gasteiger partial charge < -0.3 is 9.84 Å². The fourth-order valence-electron chi connectivity index (χ4n) is 2.71. The molecule has 1 saturated heterocycles. The number of aromatic nitrogens is 4. The highest BCUT2D eigenvalue weighted by Crippen LogP contribution is 2.24. The molecule has 0 aliphatic carbocycles. The van der Waals surface area contributed by atoms with Crippen molar-refractivity contribution in [1.29, 1.82) is 0 Å². The Morgan fingerprint density at radius 3 is 2.76 bits per heavy atom. The molecule has 0 radical (unpaired) electrons. The van der Waals surface area contributed by atoms with Crippen molar-refractivity contribution in [3.63, 3.8) is 0 Å². The maximum Gasteiger partial charge on any atom is 0.191 e. The SMILES string of the molecule is C=CCn1c(SC[C@H](O)CN2CCOCC2)nnc1-c1ccncc1. The number of morpholine rings is 1. The summed E-state index contributed by atoms with van der Waals surface area (Å²) in [6.07, 6.45) is 4.88. The molecule has 2 aromatic rings. The van der Waals surface area contributed by atoms with Crippen molar-refractivity contribution >= 4 is 11.8 Å². The van der Waals surface area contributed by atoms with E-state index in [1.54, 1.807) is 12.4 Å². The minimum Gasteiger partial charge on any atom is -0.391 e. The lowest BCUT2D eigenvalue weighted by Gasteiger charge is -2.28. The van der Waals surface area contributed by atoms with Crippen LogP contribution in [-0.4, -0.2) is 74.5 Å². The summed E-state index contributed by atoms with van der Waals surface area (Å²) in [5.41, 5.74) is 0.963. The van der Waals surface area contributed by atoms with Crippen molar-refractivity contribution in [2.75, 3.05) is 38.6 Å². The van der Waals surface area contributed by atoms with Crippen molar-refractivity contribution in [2.24, 2.45) is 0 Å². The van der Waals surface area contributed by atoms with Gasteiger partial charge in [-0.05, 0) is 12.1 Å². The number of rotatable bonds is 8. The Labute approximate surface area is 151 Å². The van der Waals surface area contributed by atoms with Crippen LogP contribution in [-0.2, 0) is 11.3 Å². The van der Waals surface area contributed by atoms with E-state index in [4.69, 9.17) is 4.74 Å². The molecule has 1 N–H and O–H groups in total. The number of allylic oxidation sites excluding steroid dienone is 1. The Balaban J connectivity index is 1.63. The maximum absolute atomic E-state index is 10.3. The van der Waals surface area contributed by atoms with E-state index >= 15 is 0 Å². The average molecular weight is 361 g/mol. The van der Waals surface area contributed by atoms with Gasteiger partial charge in [-0.25, -0.2) is 0 Å². The number of pyridine rings is 1. The van der Waals surface area contributed by atoms with E-state index in [1.165, 1.54) is 11.8 Å². The predicted octanol–water partition coefficient (Wildman–Crippen LogP) is 1.31. The molecule has 1 fully saturated rings. The second-order valence-electron chi connectivity index (χ2n) is 5.82. The fourth-order valence-corrected chi connectivity index (χ4v) is 3.57. The first-order valence-electron chi connectivity index (χ1n) is 8.33. The van der Waals surface area contributed by atoms with Gasteiger partial charge in [0, 0.05) is 49.9 Å². The molecule has 0 saturated carbocycles. The van der Waals surface area contributed by atoms with Gasteiger partial charge in [0.2, 0.25) is 0 Å². The van der Waals surface area contributed by atoms with Gasteiger partial charge in [-0.1, -0.05) is 17.8 Å². The molecule has 0 spiro atoms. The maximum atomic E-state index is 10.3. The van der Waals surface area contributed by atoms with Crippen LogP contribution < -0.4 is 0 Å². The summed E-state index contributed by atoms with van der Waals surface area (Å²) < 4.78 is 7.34. The quantitative estimate of drug-likeness (QED) is 0.561. The monoisotopic (exact) mass is 361 g/mol. The molecule has 0 unspecified atom stereocenters. The Kier molecular flexibility index (Phi) is 6.57. The molecular weight excluding hydrogens is 338 g/mol. The molecule has 134 valence electrons. The van der Waals surface area contributed by atoms with E-state index in [2.05, 4.69) is 26.7 Å². The summed E-state index contributed by atoms with van der Waals surface area (Å²) in [6, 6.07) is 3.82. The number of ether oxygens (including phenoxy) is 1. The Morgan fingerprint density at radius 2 is 2.04 bits per heavy atom. The summed E-state index contributed by atoms with van der Waals surface area (Å²) in [4.78, 5) is 6.27. The average Bonchev–Trinajstić information content (AvgIpc) is 3.05. The van der Waals surface area contributed by atoms with Crippen molar-refractivity contribution in [2.45, 2.75) is 17.8 Å². The fraction of sp³-hybridized carbons (Fsp3) is 0.471. The lowest BCUT2D eigenvalue weighted by atomic mass is 10.2. The van der Waals surface area contributed by atoms with E-state index in [1.807, 2.05) is 22.8 Å². The summed E-state index contributed by atoms with van der Waals surface area (Å²) in [5.74, 6) is 1.36. The normalized spacial score (nSPS) is 16.7. The first-order chi connectivity index (χ1) is 12.3. The lowest BCUT2D eigenvalue weighted by molar-refractivity contribution is 0.0188. The van der Waals surface area contributed by atoms with Gasteiger partial charge in [0.05, 0.1) is 19.3 Å². The molecule has 25 heavy (non-hydrogen) atoms. The highest BCUT2D eigenvalue weighted by molar-refractivity contribution is 7.99. The largest absolute Gasteiger partial charge is 0.391 e. The Hall–Kier alpha value is -1.74.